The molecular formula is C20H22ClNO2S. The summed E-state index contributed by atoms with van der Waals surface area (Å²) < 4.78 is 6.03. The van der Waals surface area contributed by atoms with Crippen molar-refractivity contribution in [1.29, 1.82) is 0 Å². The number of rotatable bonds is 4. The fourth-order valence-corrected chi connectivity index (χ4v) is 3.99. The van der Waals surface area contributed by atoms with Gasteiger partial charge < -0.3 is 10.1 Å². The first-order valence-corrected chi connectivity index (χ1v) is 9.60. The van der Waals surface area contributed by atoms with Crippen LogP contribution in [0.3, 0.4) is 0 Å². The van der Waals surface area contributed by atoms with E-state index in [0.717, 1.165) is 22.6 Å². The average molecular weight is 376 g/mol. The van der Waals surface area contributed by atoms with Crippen molar-refractivity contribution in [1.82, 2.24) is 5.32 Å². The summed E-state index contributed by atoms with van der Waals surface area (Å²) >= 11 is 7.44. The molecule has 0 aromatic heterocycles. The van der Waals surface area contributed by atoms with Gasteiger partial charge in [-0.2, -0.15) is 0 Å². The van der Waals surface area contributed by atoms with E-state index in [-0.39, 0.29) is 22.8 Å². The van der Waals surface area contributed by atoms with Gasteiger partial charge in [-0.25, -0.2) is 0 Å². The number of amides is 1. The fraction of sp³-hybridized carbons (Fsp3) is 0.350. The van der Waals surface area contributed by atoms with Crippen molar-refractivity contribution in [2.24, 2.45) is 0 Å². The topological polar surface area (TPSA) is 38.3 Å². The van der Waals surface area contributed by atoms with E-state index in [0.29, 0.717) is 5.02 Å². The third-order valence-corrected chi connectivity index (χ3v) is 5.55. The van der Waals surface area contributed by atoms with Crippen LogP contribution in [0.25, 0.3) is 0 Å². The first-order valence-electron chi connectivity index (χ1n) is 8.35. The maximum absolute atomic E-state index is 12.7. The summed E-state index contributed by atoms with van der Waals surface area (Å²) in [4.78, 5) is 13.7. The molecule has 1 aliphatic heterocycles. The lowest BCUT2D eigenvalue weighted by molar-refractivity contribution is -0.121. The summed E-state index contributed by atoms with van der Waals surface area (Å²) in [6, 6.07) is 15.4. The van der Waals surface area contributed by atoms with Crippen molar-refractivity contribution in [3.05, 3.63) is 59.1 Å². The molecule has 0 unspecified atom stereocenters. The zero-order chi connectivity index (χ0) is 18.0. The van der Waals surface area contributed by atoms with Gasteiger partial charge in [-0.3, -0.25) is 4.79 Å². The predicted octanol–water partition coefficient (Wildman–Crippen LogP) is 5.24. The summed E-state index contributed by atoms with van der Waals surface area (Å²) in [5, 5.41) is 3.70. The number of para-hydroxylation sites is 1. The lowest BCUT2D eigenvalue weighted by atomic mass is 9.89. The molecular weight excluding hydrogens is 354 g/mol. The summed E-state index contributed by atoms with van der Waals surface area (Å²) in [7, 11) is 0. The highest BCUT2D eigenvalue weighted by molar-refractivity contribution is 8.00. The first-order chi connectivity index (χ1) is 11.8. The van der Waals surface area contributed by atoms with Crippen LogP contribution >= 0.6 is 23.4 Å². The molecule has 1 aliphatic rings. The summed E-state index contributed by atoms with van der Waals surface area (Å²) in [6.07, 6.45) is 0.744. The van der Waals surface area contributed by atoms with Gasteiger partial charge in [0.2, 0.25) is 5.91 Å². The van der Waals surface area contributed by atoms with E-state index >= 15 is 0 Å². The standard InChI is InChI=1S/C20H22ClNO2S/c1-13(25-15-10-8-14(21)9-11-15)19(23)22-17-12-20(2,3)24-18-7-5-4-6-16(17)18/h4-11,13,17H,12H2,1-3H3,(H,22,23)/t13-,17-/m0/s1. The van der Waals surface area contributed by atoms with Gasteiger partial charge in [0.05, 0.1) is 11.3 Å². The molecule has 0 saturated carbocycles. The third kappa shape index (κ3) is 4.50. The van der Waals surface area contributed by atoms with Gasteiger partial charge in [-0.05, 0) is 51.1 Å². The number of carbonyl (C=O) groups excluding carboxylic acids is 1. The molecule has 132 valence electrons. The molecule has 5 heteroatoms. The second kappa shape index (κ2) is 7.30. The quantitative estimate of drug-likeness (QED) is 0.742. The van der Waals surface area contributed by atoms with E-state index in [1.54, 1.807) is 0 Å². The molecule has 25 heavy (non-hydrogen) atoms. The molecule has 1 amide bonds. The molecule has 3 rings (SSSR count). The van der Waals surface area contributed by atoms with Gasteiger partial charge in [0.25, 0.3) is 0 Å². The van der Waals surface area contributed by atoms with Crippen LogP contribution in [0.5, 0.6) is 5.75 Å². The number of halogens is 1. The Labute approximate surface area is 158 Å². The number of hydrogen-bond acceptors (Lipinski definition) is 3. The molecule has 0 spiro atoms. The Bertz CT molecular complexity index is 761. The number of thioether (sulfide) groups is 1. The minimum atomic E-state index is -0.307. The Balaban J connectivity index is 1.70. The van der Waals surface area contributed by atoms with Gasteiger partial charge in [-0.1, -0.05) is 29.8 Å². The summed E-state index contributed by atoms with van der Waals surface area (Å²) in [6.45, 7) is 6.02. The summed E-state index contributed by atoms with van der Waals surface area (Å²) in [5.41, 5.74) is 0.734. The van der Waals surface area contributed by atoms with Crippen molar-refractivity contribution in [3.63, 3.8) is 0 Å². The highest BCUT2D eigenvalue weighted by Gasteiger charge is 2.34. The Morgan fingerprint density at radius 1 is 1.24 bits per heavy atom. The molecule has 0 bridgehead atoms. The lowest BCUT2D eigenvalue weighted by Gasteiger charge is -2.38. The number of hydrogen-bond donors (Lipinski definition) is 1. The molecule has 3 nitrogen and oxygen atoms in total. The normalized spacial score (nSPS) is 19.4. The lowest BCUT2D eigenvalue weighted by Crippen LogP contribution is -2.43. The number of benzene rings is 2. The summed E-state index contributed by atoms with van der Waals surface area (Å²) in [5.74, 6) is 0.875. The molecule has 0 aliphatic carbocycles. The van der Waals surface area contributed by atoms with E-state index in [4.69, 9.17) is 16.3 Å². The number of nitrogens with one attached hydrogen (secondary N) is 1. The van der Waals surface area contributed by atoms with Crippen LogP contribution in [0.15, 0.2) is 53.4 Å². The minimum Gasteiger partial charge on any atom is -0.487 e. The maximum atomic E-state index is 12.7. The van der Waals surface area contributed by atoms with Crippen molar-refractivity contribution >= 4 is 29.3 Å². The highest BCUT2D eigenvalue weighted by atomic mass is 35.5. The van der Waals surface area contributed by atoms with Crippen LogP contribution in [0.2, 0.25) is 5.02 Å². The van der Waals surface area contributed by atoms with E-state index in [1.807, 2.05) is 69.3 Å². The highest BCUT2D eigenvalue weighted by Crippen LogP contribution is 2.39. The molecule has 1 N–H and O–H groups in total. The van der Waals surface area contributed by atoms with Crippen LogP contribution in [0.4, 0.5) is 0 Å². The molecule has 1 heterocycles. The van der Waals surface area contributed by atoms with Gasteiger partial charge in [-0.15, -0.1) is 11.8 Å². The average Bonchev–Trinajstić information content (AvgIpc) is 2.56. The van der Waals surface area contributed by atoms with Crippen molar-refractivity contribution in [2.75, 3.05) is 0 Å². The molecule has 0 saturated heterocycles. The van der Waals surface area contributed by atoms with Gasteiger partial charge in [0.15, 0.2) is 0 Å². The smallest absolute Gasteiger partial charge is 0.233 e. The molecule has 2 aromatic carbocycles. The Morgan fingerprint density at radius 2 is 1.92 bits per heavy atom. The Morgan fingerprint density at radius 3 is 2.64 bits per heavy atom. The maximum Gasteiger partial charge on any atom is 0.233 e. The Kier molecular flexibility index (Phi) is 5.30. The van der Waals surface area contributed by atoms with E-state index in [9.17, 15) is 4.79 Å². The fourth-order valence-electron chi connectivity index (χ4n) is 2.99. The van der Waals surface area contributed by atoms with Gasteiger partial charge >= 0.3 is 0 Å². The number of ether oxygens (including phenoxy) is 1. The van der Waals surface area contributed by atoms with Gasteiger partial charge in [0, 0.05) is 21.9 Å². The number of carbonyl (C=O) groups is 1. The van der Waals surface area contributed by atoms with Gasteiger partial charge in [0.1, 0.15) is 11.4 Å². The van der Waals surface area contributed by atoms with Crippen molar-refractivity contribution < 1.29 is 9.53 Å². The van der Waals surface area contributed by atoms with E-state index in [2.05, 4.69) is 5.32 Å². The molecule has 0 fully saturated rings. The minimum absolute atomic E-state index is 0.0254. The first kappa shape index (κ1) is 18.2. The van der Waals surface area contributed by atoms with E-state index < -0.39 is 0 Å². The van der Waals surface area contributed by atoms with Crippen molar-refractivity contribution in [3.8, 4) is 5.75 Å². The van der Waals surface area contributed by atoms with Crippen LogP contribution in [-0.2, 0) is 4.79 Å². The van der Waals surface area contributed by atoms with Crippen LogP contribution in [0.1, 0.15) is 38.8 Å². The zero-order valence-corrected chi connectivity index (χ0v) is 16.2. The molecule has 2 atom stereocenters. The third-order valence-electron chi connectivity index (χ3n) is 4.19. The van der Waals surface area contributed by atoms with Crippen LogP contribution < -0.4 is 10.1 Å². The largest absolute Gasteiger partial charge is 0.487 e. The predicted molar refractivity (Wildman–Crippen MR) is 103 cm³/mol. The van der Waals surface area contributed by atoms with Crippen LogP contribution in [-0.4, -0.2) is 16.8 Å². The van der Waals surface area contributed by atoms with Crippen LogP contribution in [0, 0.1) is 0 Å². The number of fused-ring (bicyclic) bond motifs is 1. The second-order valence-electron chi connectivity index (χ2n) is 6.88. The Hall–Kier alpha value is -1.65. The second-order valence-corrected chi connectivity index (χ2v) is 8.73. The molecule has 2 aromatic rings. The van der Waals surface area contributed by atoms with E-state index in [1.165, 1.54) is 11.8 Å². The van der Waals surface area contributed by atoms with Crippen molar-refractivity contribution in [2.45, 2.75) is 49.0 Å². The monoisotopic (exact) mass is 375 g/mol. The molecule has 0 radical (unpaired) electrons. The SMILES string of the molecule is C[C@H](Sc1ccc(Cl)cc1)C(=O)N[C@H]1CC(C)(C)Oc2ccccc21. The zero-order valence-electron chi connectivity index (χ0n) is 14.6.